The van der Waals surface area contributed by atoms with Crippen molar-refractivity contribution in [1.29, 1.82) is 5.26 Å². The Morgan fingerprint density at radius 3 is 2.57 bits per heavy atom. The SMILES string of the molecule is CCOc1cc(C=NNC(=O)c2cccc(C(F)(F)F)c2)c(Br)cc1OCc1ccccc1C#N. The first kappa shape index (κ1) is 25.8. The quantitative estimate of drug-likeness (QED) is 0.274. The molecule has 1 N–H and O–H groups in total. The summed E-state index contributed by atoms with van der Waals surface area (Å²) in [5.41, 5.74) is 2.87. The van der Waals surface area contributed by atoms with E-state index in [0.717, 1.165) is 23.8 Å². The van der Waals surface area contributed by atoms with E-state index in [1.165, 1.54) is 12.3 Å². The average molecular weight is 546 g/mol. The number of nitrogens with one attached hydrogen (secondary N) is 1. The highest BCUT2D eigenvalue weighted by atomic mass is 79.9. The van der Waals surface area contributed by atoms with Crippen molar-refractivity contribution in [2.24, 2.45) is 5.10 Å². The van der Waals surface area contributed by atoms with Crippen LogP contribution in [0.4, 0.5) is 13.2 Å². The zero-order valence-corrected chi connectivity index (χ0v) is 20.0. The maximum Gasteiger partial charge on any atom is 0.416 e. The molecule has 3 aromatic rings. The number of hydrogen-bond donors (Lipinski definition) is 1. The number of rotatable bonds is 8. The summed E-state index contributed by atoms with van der Waals surface area (Å²) in [4.78, 5) is 12.2. The summed E-state index contributed by atoms with van der Waals surface area (Å²) in [5.74, 6) is 0.0528. The molecule has 3 rings (SSSR count). The van der Waals surface area contributed by atoms with E-state index in [0.29, 0.717) is 33.7 Å². The average Bonchev–Trinajstić information content (AvgIpc) is 2.84. The van der Waals surface area contributed by atoms with Crippen molar-refractivity contribution in [3.05, 3.63) is 93.0 Å². The van der Waals surface area contributed by atoms with Crippen molar-refractivity contribution in [1.82, 2.24) is 5.43 Å². The van der Waals surface area contributed by atoms with E-state index in [4.69, 9.17) is 9.47 Å². The molecular weight excluding hydrogens is 527 g/mol. The summed E-state index contributed by atoms with van der Waals surface area (Å²) in [7, 11) is 0. The molecule has 0 saturated carbocycles. The largest absolute Gasteiger partial charge is 0.490 e. The maximum atomic E-state index is 12.9. The molecule has 0 aromatic heterocycles. The van der Waals surface area contributed by atoms with Gasteiger partial charge < -0.3 is 9.47 Å². The fourth-order valence-electron chi connectivity index (χ4n) is 3.00. The molecule has 0 atom stereocenters. The Morgan fingerprint density at radius 1 is 1.11 bits per heavy atom. The fourth-order valence-corrected chi connectivity index (χ4v) is 3.43. The van der Waals surface area contributed by atoms with Gasteiger partial charge in [-0.3, -0.25) is 4.79 Å². The van der Waals surface area contributed by atoms with Crippen molar-refractivity contribution in [2.45, 2.75) is 19.7 Å². The monoisotopic (exact) mass is 545 g/mol. The van der Waals surface area contributed by atoms with Crippen molar-refractivity contribution in [3.63, 3.8) is 0 Å². The van der Waals surface area contributed by atoms with Gasteiger partial charge >= 0.3 is 6.18 Å². The Morgan fingerprint density at radius 2 is 1.86 bits per heavy atom. The molecule has 0 aliphatic carbocycles. The van der Waals surface area contributed by atoms with Gasteiger partial charge in [0.05, 0.1) is 30.0 Å². The van der Waals surface area contributed by atoms with Gasteiger partial charge in [-0.25, -0.2) is 5.43 Å². The highest BCUT2D eigenvalue weighted by molar-refractivity contribution is 9.10. The lowest BCUT2D eigenvalue weighted by molar-refractivity contribution is -0.137. The molecule has 0 bridgehead atoms. The number of alkyl halides is 3. The number of carbonyl (C=O) groups is 1. The molecule has 0 aliphatic heterocycles. The number of hydrogen-bond acceptors (Lipinski definition) is 5. The van der Waals surface area contributed by atoms with Crippen LogP contribution < -0.4 is 14.9 Å². The van der Waals surface area contributed by atoms with Gasteiger partial charge in [0.25, 0.3) is 5.91 Å². The highest BCUT2D eigenvalue weighted by Crippen LogP contribution is 2.34. The summed E-state index contributed by atoms with van der Waals surface area (Å²) in [5, 5.41) is 13.1. The highest BCUT2D eigenvalue weighted by Gasteiger charge is 2.30. The maximum absolute atomic E-state index is 12.9. The number of ether oxygens (including phenoxy) is 2. The van der Waals surface area contributed by atoms with Crippen LogP contribution in [0.2, 0.25) is 0 Å². The van der Waals surface area contributed by atoms with Gasteiger partial charge in [0.15, 0.2) is 11.5 Å². The molecule has 6 nitrogen and oxygen atoms in total. The number of amides is 1. The normalized spacial score (nSPS) is 11.2. The second-order valence-corrected chi connectivity index (χ2v) is 7.94. The predicted octanol–water partition coefficient (Wildman–Crippen LogP) is 6.08. The Labute approximate surface area is 208 Å². The van der Waals surface area contributed by atoms with Crippen LogP contribution in [0.25, 0.3) is 0 Å². The van der Waals surface area contributed by atoms with Crippen molar-refractivity contribution >= 4 is 28.1 Å². The second kappa shape index (κ2) is 11.5. The first-order chi connectivity index (χ1) is 16.7. The second-order valence-electron chi connectivity index (χ2n) is 7.09. The Bertz CT molecular complexity index is 1290. The van der Waals surface area contributed by atoms with Gasteiger partial charge in [0, 0.05) is 21.2 Å². The Hall–Kier alpha value is -3.84. The van der Waals surface area contributed by atoms with Crippen LogP contribution >= 0.6 is 15.9 Å². The minimum absolute atomic E-state index is 0.150. The number of carbonyl (C=O) groups excluding carboxylic acids is 1. The standard InChI is InChI=1S/C25H19BrF3N3O3/c1-2-34-22-11-19(14-31-32-24(33)16-8-5-9-20(10-16)25(27,28)29)21(26)12-23(22)35-15-18-7-4-3-6-17(18)13-30/h3-12,14H,2,15H2,1H3,(H,32,33). The minimum atomic E-state index is -4.55. The van der Waals surface area contributed by atoms with Gasteiger partial charge in [-0.2, -0.15) is 23.5 Å². The number of nitrogens with zero attached hydrogens (tertiary/aromatic N) is 2. The van der Waals surface area contributed by atoms with Gasteiger partial charge in [0.1, 0.15) is 6.61 Å². The van der Waals surface area contributed by atoms with E-state index >= 15 is 0 Å². The number of hydrazone groups is 1. The lowest BCUT2D eigenvalue weighted by atomic mass is 10.1. The molecule has 35 heavy (non-hydrogen) atoms. The third kappa shape index (κ3) is 6.83. The third-order valence-electron chi connectivity index (χ3n) is 4.71. The van der Waals surface area contributed by atoms with E-state index in [1.54, 1.807) is 37.3 Å². The van der Waals surface area contributed by atoms with E-state index in [-0.39, 0.29) is 12.2 Å². The summed E-state index contributed by atoms with van der Waals surface area (Å²) in [6, 6.07) is 16.5. The zero-order chi connectivity index (χ0) is 25.4. The molecule has 0 radical (unpaired) electrons. The first-order valence-electron chi connectivity index (χ1n) is 10.3. The Balaban J connectivity index is 1.75. The summed E-state index contributed by atoms with van der Waals surface area (Å²) < 4.78 is 50.7. The smallest absolute Gasteiger partial charge is 0.416 e. The van der Waals surface area contributed by atoms with E-state index in [1.807, 2.05) is 6.07 Å². The molecule has 10 heteroatoms. The topological polar surface area (TPSA) is 83.7 Å². The molecular formula is C25H19BrF3N3O3. The van der Waals surface area contributed by atoms with E-state index < -0.39 is 17.6 Å². The van der Waals surface area contributed by atoms with Gasteiger partial charge in [0.2, 0.25) is 0 Å². The van der Waals surface area contributed by atoms with Crippen LogP contribution in [-0.2, 0) is 12.8 Å². The molecule has 0 heterocycles. The van der Waals surface area contributed by atoms with Crippen molar-refractivity contribution in [2.75, 3.05) is 6.61 Å². The van der Waals surface area contributed by atoms with Gasteiger partial charge in [-0.15, -0.1) is 0 Å². The predicted molar refractivity (Wildman–Crippen MR) is 127 cm³/mol. The molecule has 0 saturated heterocycles. The van der Waals surface area contributed by atoms with Crippen LogP contribution in [0.15, 0.2) is 70.2 Å². The first-order valence-corrected chi connectivity index (χ1v) is 11.1. The number of benzene rings is 3. The lowest BCUT2D eigenvalue weighted by Crippen LogP contribution is -2.18. The van der Waals surface area contributed by atoms with Gasteiger partial charge in [-0.1, -0.05) is 24.3 Å². The molecule has 180 valence electrons. The molecule has 0 fully saturated rings. The molecule has 3 aromatic carbocycles. The molecule has 0 unspecified atom stereocenters. The molecule has 0 spiro atoms. The van der Waals surface area contributed by atoms with Crippen LogP contribution in [-0.4, -0.2) is 18.7 Å². The summed E-state index contributed by atoms with van der Waals surface area (Å²) >= 11 is 3.41. The van der Waals surface area contributed by atoms with Crippen molar-refractivity contribution < 1.29 is 27.4 Å². The zero-order valence-electron chi connectivity index (χ0n) is 18.4. The fraction of sp³-hybridized carbons (Fsp3) is 0.160. The molecule has 1 amide bonds. The van der Waals surface area contributed by atoms with Crippen LogP contribution in [0, 0.1) is 11.3 Å². The van der Waals surface area contributed by atoms with Gasteiger partial charge in [-0.05, 0) is 59.3 Å². The minimum Gasteiger partial charge on any atom is -0.490 e. The number of nitriles is 1. The van der Waals surface area contributed by atoms with E-state index in [9.17, 15) is 23.2 Å². The van der Waals surface area contributed by atoms with Crippen LogP contribution in [0.5, 0.6) is 11.5 Å². The Kier molecular flexibility index (Phi) is 8.49. The molecule has 0 aliphatic rings. The van der Waals surface area contributed by atoms with E-state index in [2.05, 4.69) is 32.5 Å². The van der Waals surface area contributed by atoms with Crippen molar-refractivity contribution in [3.8, 4) is 17.6 Å². The van der Waals surface area contributed by atoms with Crippen LogP contribution in [0.1, 0.15) is 39.5 Å². The lowest BCUT2D eigenvalue weighted by Gasteiger charge is -2.14. The van der Waals surface area contributed by atoms with Crippen LogP contribution in [0.3, 0.4) is 0 Å². The summed E-state index contributed by atoms with van der Waals surface area (Å²) in [6.45, 7) is 2.31. The third-order valence-corrected chi connectivity index (χ3v) is 5.39. The number of halogens is 4. The summed E-state index contributed by atoms with van der Waals surface area (Å²) in [6.07, 6.45) is -3.23.